The molecule has 1 aromatic carbocycles. The first-order valence-electron chi connectivity index (χ1n) is 7.57. The van der Waals surface area contributed by atoms with E-state index >= 15 is 0 Å². The van der Waals surface area contributed by atoms with Gasteiger partial charge in [0, 0.05) is 12.1 Å². The maximum absolute atomic E-state index is 5.35. The first-order chi connectivity index (χ1) is 9.60. The van der Waals surface area contributed by atoms with Crippen molar-refractivity contribution in [3.05, 3.63) is 23.8 Å². The summed E-state index contributed by atoms with van der Waals surface area (Å²) in [4.78, 5) is 0. The fourth-order valence-corrected chi connectivity index (χ4v) is 2.50. The van der Waals surface area contributed by atoms with Crippen LogP contribution in [0.4, 0.5) is 0 Å². The maximum Gasteiger partial charge on any atom is 0.160 e. The van der Waals surface area contributed by atoms with Crippen LogP contribution in [0.15, 0.2) is 18.2 Å². The monoisotopic (exact) mass is 315 g/mol. The van der Waals surface area contributed by atoms with Gasteiger partial charge in [0.1, 0.15) is 0 Å². The Balaban J connectivity index is 0.00000400. The molecule has 3 nitrogen and oxygen atoms in total. The molecule has 0 aliphatic carbocycles. The van der Waals surface area contributed by atoms with Crippen molar-refractivity contribution >= 4 is 12.4 Å². The molecular weight excluding hydrogens is 286 g/mol. The van der Waals surface area contributed by atoms with E-state index in [1.54, 1.807) is 14.2 Å². The third-order valence-corrected chi connectivity index (χ3v) is 3.55. The average molecular weight is 316 g/mol. The zero-order valence-electron chi connectivity index (χ0n) is 13.9. The number of unbranched alkanes of at least 4 members (excludes halogenated alkanes) is 1. The molecule has 0 amide bonds. The fraction of sp³-hybridized carbons (Fsp3) is 0.647. The van der Waals surface area contributed by atoms with Crippen molar-refractivity contribution in [2.75, 3.05) is 14.2 Å². The van der Waals surface area contributed by atoms with Gasteiger partial charge in [0.2, 0.25) is 0 Å². The van der Waals surface area contributed by atoms with Crippen LogP contribution in [0.25, 0.3) is 0 Å². The second kappa shape index (κ2) is 10.7. The molecule has 2 atom stereocenters. The Hall–Kier alpha value is -0.930. The molecule has 0 bridgehead atoms. The van der Waals surface area contributed by atoms with E-state index in [2.05, 4.69) is 38.2 Å². The Bertz CT molecular complexity index is 398. The summed E-state index contributed by atoms with van der Waals surface area (Å²) in [7, 11) is 3.34. The standard InChI is InChI=1S/C17H29NO2.ClH/c1-6-7-8-13(2)18-14(3)11-15-9-10-16(19-4)17(12-15)20-5;/h9-10,12-14,18H,6-8,11H2,1-5H3;1H. The smallest absolute Gasteiger partial charge is 0.160 e. The Morgan fingerprint density at radius 3 is 2.29 bits per heavy atom. The van der Waals surface area contributed by atoms with Gasteiger partial charge in [-0.05, 0) is 44.4 Å². The zero-order valence-corrected chi connectivity index (χ0v) is 14.8. The normalized spacial score (nSPS) is 13.2. The van der Waals surface area contributed by atoms with Crippen molar-refractivity contribution in [2.45, 2.75) is 58.5 Å². The lowest BCUT2D eigenvalue weighted by Crippen LogP contribution is -2.35. The van der Waals surface area contributed by atoms with E-state index in [0.29, 0.717) is 12.1 Å². The van der Waals surface area contributed by atoms with Crippen LogP contribution in [0.5, 0.6) is 11.5 Å². The highest BCUT2D eigenvalue weighted by atomic mass is 35.5. The van der Waals surface area contributed by atoms with Gasteiger partial charge in [0.05, 0.1) is 14.2 Å². The highest BCUT2D eigenvalue weighted by Crippen LogP contribution is 2.27. The van der Waals surface area contributed by atoms with Crippen LogP contribution in [0.1, 0.15) is 45.6 Å². The van der Waals surface area contributed by atoms with Crippen LogP contribution >= 0.6 is 12.4 Å². The summed E-state index contributed by atoms with van der Waals surface area (Å²) in [5.74, 6) is 1.59. The molecular formula is C17H30ClNO2. The van der Waals surface area contributed by atoms with Crippen LogP contribution in [0.3, 0.4) is 0 Å². The van der Waals surface area contributed by atoms with Gasteiger partial charge in [-0.2, -0.15) is 0 Å². The SMILES string of the molecule is CCCCC(C)NC(C)Cc1ccc(OC)c(OC)c1.Cl. The average Bonchev–Trinajstić information content (AvgIpc) is 2.44. The number of benzene rings is 1. The second-order valence-corrected chi connectivity index (χ2v) is 5.50. The quantitative estimate of drug-likeness (QED) is 0.740. The predicted molar refractivity (Wildman–Crippen MR) is 92.1 cm³/mol. The van der Waals surface area contributed by atoms with E-state index in [-0.39, 0.29) is 12.4 Å². The van der Waals surface area contributed by atoms with Gasteiger partial charge in [-0.25, -0.2) is 0 Å². The van der Waals surface area contributed by atoms with Crippen LogP contribution in [0, 0.1) is 0 Å². The number of methoxy groups -OCH3 is 2. The molecule has 0 fully saturated rings. The van der Waals surface area contributed by atoms with Crippen molar-refractivity contribution in [3.8, 4) is 11.5 Å². The first-order valence-corrected chi connectivity index (χ1v) is 7.57. The molecule has 21 heavy (non-hydrogen) atoms. The summed E-state index contributed by atoms with van der Waals surface area (Å²) < 4.78 is 10.6. The van der Waals surface area contributed by atoms with Crippen LogP contribution in [0.2, 0.25) is 0 Å². The molecule has 0 aromatic heterocycles. The molecule has 0 radical (unpaired) electrons. The van der Waals surface area contributed by atoms with E-state index in [9.17, 15) is 0 Å². The second-order valence-electron chi connectivity index (χ2n) is 5.50. The summed E-state index contributed by atoms with van der Waals surface area (Å²) in [6.45, 7) is 6.74. The molecule has 0 aliphatic rings. The highest BCUT2D eigenvalue weighted by Gasteiger charge is 2.10. The van der Waals surface area contributed by atoms with Gasteiger partial charge in [-0.3, -0.25) is 0 Å². The third kappa shape index (κ3) is 7.05. The molecule has 0 saturated carbocycles. The van der Waals surface area contributed by atoms with Crippen LogP contribution < -0.4 is 14.8 Å². The third-order valence-electron chi connectivity index (χ3n) is 3.55. The molecule has 0 aliphatic heterocycles. The van der Waals surface area contributed by atoms with E-state index < -0.39 is 0 Å². The minimum atomic E-state index is 0. The maximum atomic E-state index is 5.35. The summed E-state index contributed by atoms with van der Waals surface area (Å²) in [6.07, 6.45) is 4.79. The first kappa shape index (κ1) is 20.1. The molecule has 1 N–H and O–H groups in total. The topological polar surface area (TPSA) is 30.5 Å². The molecule has 4 heteroatoms. The Morgan fingerprint density at radius 1 is 1.05 bits per heavy atom. The lowest BCUT2D eigenvalue weighted by Gasteiger charge is -2.20. The summed E-state index contributed by atoms with van der Waals surface area (Å²) in [5, 5.41) is 3.66. The van der Waals surface area contributed by atoms with Gasteiger partial charge in [0.15, 0.2) is 11.5 Å². The van der Waals surface area contributed by atoms with E-state index in [0.717, 1.165) is 17.9 Å². The highest BCUT2D eigenvalue weighted by molar-refractivity contribution is 5.85. The Kier molecular flexibility index (Phi) is 10.3. The predicted octanol–water partition coefficient (Wildman–Crippen LogP) is 4.22. The van der Waals surface area contributed by atoms with Gasteiger partial charge < -0.3 is 14.8 Å². The van der Waals surface area contributed by atoms with Crippen LogP contribution in [-0.2, 0) is 6.42 Å². The van der Waals surface area contributed by atoms with Gasteiger partial charge in [-0.1, -0.05) is 25.8 Å². The lowest BCUT2D eigenvalue weighted by molar-refractivity contribution is 0.354. The number of hydrogen-bond donors (Lipinski definition) is 1. The van der Waals surface area contributed by atoms with Crippen molar-refractivity contribution < 1.29 is 9.47 Å². The molecule has 1 rings (SSSR count). The van der Waals surface area contributed by atoms with E-state index in [4.69, 9.17) is 9.47 Å². The number of nitrogens with one attached hydrogen (secondary N) is 1. The molecule has 2 unspecified atom stereocenters. The van der Waals surface area contributed by atoms with E-state index in [1.807, 2.05) is 6.07 Å². The largest absolute Gasteiger partial charge is 0.493 e. The van der Waals surface area contributed by atoms with Crippen molar-refractivity contribution in [3.63, 3.8) is 0 Å². The number of rotatable bonds is 9. The number of halogens is 1. The van der Waals surface area contributed by atoms with Crippen molar-refractivity contribution in [1.29, 1.82) is 0 Å². The van der Waals surface area contributed by atoms with E-state index in [1.165, 1.54) is 24.8 Å². The summed E-state index contributed by atoms with van der Waals surface area (Å²) in [5.41, 5.74) is 1.27. The van der Waals surface area contributed by atoms with Gasteiger partial charge in [-0.15, -0.1) is 12.4 Å². The summed E-state index contributed by atoms with van der Waals surface area (Å²) >= 11 is 0. The Labute approximate surface area is 135 Å². The van der Waals surface area contributed by atoms with Gasteiger partial charge >= 0.3 is 0 Å². The zero-order chi connectivity index (χ0) is 15.0. The number of ether oxygens (including phenoxy) is 2. The minimum Gasteiger partial charge on any atom is -0.493 e. The van der Waals surface area contributed by atoms with Gasteiger partial charge in [0.25, 0.3) is 0 Å². The molecule has 122 valence electrons. The molecule has 0 heterocycles. The Morgan fingerprint density at radius 2 is 1.71 bits per heavy atom. The number of hydrogen-bond acceptors (Lipinski definition) is 3. The fourth-order valence-electron chi connectivity index (χ4n) is 2.50. The van der Waals surface area contributed by atoms with Crippen molar-refractivity contribution in [1.82, 2.24) is 5.32 Å². The van der Waals surface area contributed by atoms with Crippen molar-refractivity contribution in [2.24, 2.45) is 0 Å². The molecule has 0 spiro atoms. The summed E-state index contributed by atoms with van der Waals surface area (Å²) in [6, 6.07) is 7.18. The molecule has 0 saturated heterocycles. The van der Waals surface area contributed by atoms with Crippen LogP contribution in [-0.4, -0.2) is 26.3 Å². The minimum absolute atomic E-state index is 0. The lowest BCUT2D eigenvalue weighted by atomic mass is 10.0. The molecule has 1 aromatic rings.